The number of hydrazine groups is 1. The summed E-state index contributed by atoms with van der Waals surface area (Å²) in [5, 5.41) is 11.5. The van der Waals surface area contributed by atoms with Gasteiger partial charge in [-0.3, -0.25) is 30.6 Å². The van der Waals surface area contributed by atoms with E-state index in [1.165, 1.54) is 25.1 Å². The number of ether oxygens (including phenoxy) is 2. The van der Waals surface area contributed by atoms with Crippen molar-refractivity contribution in [1.29, 1.82) is 0 Å². The number of nitrogens with one attached hydrogen (secondary N) is 2. The Bertz CT molecular complexity index is 889. The van der Waals surface area contributed by atoms with Crippen LogP contribution in [0.3, 0.4) is 0 Å². The van der Waals surface area contributed by atoms with Gasteiger partial charge in [-0.1, -0.05) is 23.7 Å². The summed E-state index contributed by atoms with van der Waals surface area (Å²) in [5.41, 5.74) is 4.89. The number of aryl methyl sites for hydroxylation is 1. The number of para-hydroxylation sites is 2. The SMILES string of the molecule is Cc1cc(OCC(=O)NNC(=O)[C@@H](C)Oc2ccccc2[N+](=O)[O-])ccc1Cl. The van der Waals surface area contributed by atoms with Crippen LogP contribution in [0.15, 0.2) is 42.5 Å². The number of hydrogen-bond donors (Lipinski definition) is 2. The van der Waals surface area contributed by atoms with Gasteiger partial charge in [0.2, 0.25) is 0 Å². The van der Waals surface area contributed by atoms with Crippen molar-refractivity contribution < 1.29 is 24.0 Å². The lowest BCUT2D eigenvalue weighted by Gasteiger charge is -2.15. The van der Waals surface area contributed by atoms with Crippen LogP contribution in [0, 0.1) is 17.0 Å². The molecule has 2 aromatic rings. The summed E-state index contributed by atoms with van der Waals surface area (Å²) in [4.78, 5) is 34.2. The van der Waals surface area contributed by atoms with Crippen LogP contribution in [0.1, 0.15) is 12.5 Å². The van der Waals surface area contributed by atoms with Crippen molar-refractivity contribution in [3.8, 4) is 11.5 Å². The van der Waals surface area contributed by atoms with Gasteiger partial charge in [0, 0.05) is 11.1 Å². The first-order valence-electron chi connectivity index (χ1n) is 8.15. The monoisotopic (exact) mass is 407 g/mol. The lowest BCUT2D eigenvalue weighted by Crippen LogP contribution is -2.48. The summed E-state index contributed by atoms with van der Waals surface area (Å²) in [5.74, 6) is -0.882. The summed E-state index contributed by atoms with van der Waals surface area (Å²) in [6, 6.07) is 10.6. The average molecular weight is 408 g/mol. The van der Waals surface area contributed by atoms with E-state index in [9.17, 15) is 19.7 Å². The van der Waals surface area contributed by atoms with E-state index in [0.29, 0.717) is 10.8 Å². The van der Waals surface area contributed by atoms with E-state index in [-0.39, 0.29) is 18.0 Å². The number of hydrogen-bond acceptors (Lipinski definition) is 6. The molecule has 0 aliphatic carbocycles. The number of nitrogens with zero attached hydrogens (tertiary/aromatic N) is 1. The van der Waals surface area contributed by atoms with Crippen LogP contribution in [-0.4, -0.2) is 29.4 Å². The number of nitro groups is 1. The Balaban J connectivity index is 1.81. The zero-order chi connectivity index (χ0) is 20.7. The molecule has 2 aromatic carbocycles. The smallest absolute Gasteiger partial charge is 0.310 e. The van der Waals surface area contributed by atoms with Crippen LogP contribution in [0.4, 0.5) is 5.69 Å². The minimum absolute atomic E-state index is 0.0529. The number of rotatable bonds is 7. The molecule has 0 saturated heterocycles. The van der Waals surface area contributed by atoms with Crippen molar-refractivity contribution >= 4 is 29.1 Å². The summed E-state index contributed by atoms with van der Waals surface area (Å²) in [7, 11) is 0. The largest absolute Gasteiger partial charge is 0.484 e. The molecule has 0 fully saturated rings. The van der Waals surface area contributed by atoms with Crippen molar-refractivity contribution in [2.24, 2.45) is 0 Å². The van der Waals surface area contributed by atoms with E-state index < -0.39 is 22.8 Å². The van der Waals surface area contributed by atoms with Crippen LogP contribution in [0.5, 0.6) is 11.5 Å². The zero-order valence-electron chi connectivity index (χ0n) is 15.1. The molecule has 148 valence electrons. The minimum Gasteiger partial charge on any atom is -0.484 e. The molecule has 2 rings (SSSR count). The van der Waals surface area contributed by atoms with Crippen LogP contribution in [0.2, 0.25) is 5.02 Å². The Kier molecular flexibility index (Phi) is 7.16. The summed E-state index contributed by atoms with van der Waals surface area (Å²) in [6.07, 6.45) is -1.08. The highest BCUT2D eigenvalue weighted by Crippen LogP contribution is 2.26. The molecule has 0 spiro atoms. The van der Waals surface area contributed by atoms with Gasteiger partial charge in [-0.15, -0.1) is 0 Å². The maximum absolute atomic E-state index is 12.0. The highest BCUT2D eigenvalue weighted by atomic mass is 35.5. The average Bonchev–Trinajstić information content (AvgIpc) is 2.67. The quantitative estimate of drug-likeness (QED) is 0.537. The van der Waals surface area contributed by atoms with Gasteiger partial charge in [-0.05, 0) is 43.7 Å². The van der Waals surface area contributed by atoms with Gasteiger partial charge in [-0.25, -0.2) is 0 Å². The number of carbonyl (C=O) groups is 2. The predicted octanol–water partition coefficient (Wildman–Crippen LogP) is 2.55. The van der Waals surface area contributed by atoms with Crippen molar-refractivity contribution in [3.63, 3.8) is 0 Å². The first-order chi connectivity index (χ1) is 13.3. The van der Waals surface area contributed by atoms with Gasteiger partial charge in [0.05, 0.1) is 4.92 Å². The van der Waals surface area contributed by atoms with Crippen LogP contribution < -0.4 is 20.3 Å². The molecular weight excluding hydrogens is 390 g/mol. The third kappa shape index (κ3) is 5.85. The number of halogens is 1. The Morgan fingerprint density at radius 1 is 1.21 bits per heavy atom. The molecule has 28 heavy (non-hydrogen) atoms. The fraction of sp³-hybridized carbons (Fsp3) is 0.222. The second-order valence-corrected chi connectivity index (χ2v) is 6.13. The molecular formula is C18H18ClN3O6. The Labute approximate surface area is 165 Å². The lowest BCUT2D eigenvalue weighted by atomic mass is 10.2. The Morgan fingerprint density at radius 2 is 1.93 bits per heavy atom. The topological polar surface area (TPSA) is 120 Å². The molecule has 1 atom stereocenters. The first-order valence-corrected chi connectivity index (χ1v) is 8.53. The molecule has 0 saturated carbocycles. The first kappa shape index (κ1) is 21.0. The van der Waals surface area contributed by atoms with Crippen LogP contribution in [-0.2, 0) is 9.59 Å². The fourth-order valence-corrected chi connectivity index (χ4v) is 2.19. The normalized spacial score (nSPS) is 11.2. The lowest BCUT2D eigenvalue weighted by molar-refractivity contribution is -0.386. The fourth-order valence-electron chi connectivity index (χ4n) is 2.08. The van der Waals surface area contributed by atoms with Gasteiger partial charge in [0.15, 0.2) is 18.5 Å². The molecule has 2 N–H and O–H groups in total. The van der Waals surface area contributed by atoms with E-state index in [4.69, 9.17) is 21.1 Å². The van der Waals surface area contributed by atoms with E-state index in [0.717, 1.165) is 5.56 Å². The molecule has 0 aromatic heterocycles. The number of nitro benzene ring substituents is 1. The van der Waals surface area contributed by atoms with Gasteiger partial charge in [0.25, 0.3) is 11.8 Å². The van der Waals surface area contributed by atoms with Crippen LogP contribution >= 0.6 is 11.6 Å². The molecule has 0 unspecified atom stereocenters. The van der Waals surface area contributed by atoms with E-state index >= 15 is 0 Å². The number of carbonyl (C=O) groups excluding carboxylic acids is 2. The van der Waals surface area contributed by atoms with Crippen molar-refractivity contribution in [3.05, 3.63) is 63.2 Å². The number of benzene rings is 2. The highest BCUT2D eigenvalue weighted by molar-refractivity contribution is 6.31. The molecule has 9 nitrogen and oxygen atoms in total. The third-order valence-electron chi connectivity index (χ3n) is 3.56. The number of amides is 2. The minimum atomic E-state index is -1.08. The van der Waals surface area contributed by atoms with Crippen molar-refractivity contribution in [1.82, 2.24) is 10.9 Å². The summed E-state index contributed by atoms with van der Waals surface area (Å²) in [6.45, 7) is 2.86. The Hall–Kier alpha value is -3.33. The maximum Gasteiger partial charge on any atom is 0.310 e. The predicted molar refractivity (Wildman–Crippen MR) is 101 cm³/mol. The molecule has 0 aliphatic heterocycles. The van der Waals surface area contributed by atoms with Gasteiger partial charge in [0.1, 0.15) is 5.75 Å². The highest BCUT2D eigenvalue weighted by Gasteiger charge is 2.21. The second-order valence-electron chi connectivity index (χ2n) is 5.72. The summed E-state index contributed by atoms with van der Waals surface area (Å²) >= 11 is 5.91. The van der Waals surface area contributed by atoms with Crippen molar-refractivity contribution in [2.75, 3.05) is 6.61 Å². The van der Waals surface area contributed by atoms with Gasteiger partial charge >= 0.3 is 5.69 Å². The van der Waals surface area contributed by atoms with Gasteiger partial charge < -0.3 is 9.47 Å². The maximum atomic E-state index is 12.0. The zero-order valence-corrected chi connectivity index (χ0v) is 15.9. The summed E-state index contributed by atoms with van der Waals surface area (Å²) < 4.78 is 10.6. The van der Waals surface area contributed by atoms with Crippen molar-refractivity contribution in [2.45, 2.75) is 20.0 Å². The second kappa shape index (κ2) is 9.56. The molecule has 2 amide bonds. The van der Waals surface area contributed by atoms with Crippen LogP contribution in [0.25, 0.3) is 0 Å². The van der Waals surface area contributed by atoms with E-state index in [1.54, 1.807) is 31.2 Å². The molecule has 10 heteroatoms. The molecule has 0 bridgehead atoms. The molecule has 0 heterocycles. The van der Waals surface area contributed by atoms with E-state index in [1.807, 2.05) is 0 Å². The third-order valence-corrected chi connectivity index (χ3v) is 3.98. The van der Waals surface area contributed by atoms with Gasteiger partial charge in [-0.2, -0.15) is 0 Å². The standard InChI is InChI=1S/C18H18ClN3O6/c1-11-9-13(7-8-14(11)19)27-10-17(23)20-21-18(24)12(2)28-16-6-4-3-5-15(16)22(25)26/h3-9,12H,10H2,1-2H3,(H,20,23)(H,21,24)/t12-/m1/s1. The van der Waals surface area contributed by atoms with E-state index in [2.05, 4.69) is 10.9 Å². The molecule has 0 aliphatic rings. The Morgan fingerprint density at radius 3 is 2.61 bits per heavy atom. The molecule has 0 radical (unpaired) electrons.